The van der Waals surface area contributed by atoms with Crippen molar-refractivity contribution in [3.8, 4) is 0 Å². The smallest absolute Gasteiger partial charge is 0.224 e. The molecule has 0 saturated heterocycles. The van der Waals surface area contributed by atoms with E-state index in [1.165, 1.54) is 0 Å². The highest BCUT2D eigenvalue weighted by molar-refractivity contribution is 9.10. The summed E-state index contributed by atoms with van der Waals surface area (Å²) in [5, 5.41) is 3.48. The van der Waals surface area contributed by atoms with Crippen molar-refractivity contribution in [2.45, 2.75) is 33.2 Å². The van der Waals surface area contributed by atoms with E-state index in [1.807, 2.05) is 48.5 Å². The van der Waals surface area contributed by atoms with E-state index in [1.54, 1.807) is 11.8 Å². The van der Waals surface area contributed by atoms with Gasteiger partial charge in [0.1, 0.15) is 5.78 Å². The van der Waals surface area contributed by atoms with E-state index in [4.69, 9.17) is 0 Å². The van der Waals surface area contributed by atoms with E-state index in [0.717, 1.165) is 27.1 Å². The molecule has 0 spiro atoms. The van der Waals surface area contributed by atoms with Gasteiger partial charge < -0.3 is 10.2 Å². The first kappa shape index (κ1) is 18.9. The molecule has 2 aromatic carbocycles. The molecule has 2 unspecified atom stereocenters. The Labute approximate surface area is 173 Å². The monoisotopic (exact) mass is 438 g/mol. The number of hydrogen-bond donors (Lipinski definition) is 1. The standard InChI is InChI=1S/C23H23BrN2O2/c1-14(27)26-19-7-5-4-6-17(19)25-18-12-23(2,3)13-20(28)21(18)22(26)15-8-10-16(24)11-9-15/h4-12,21-22,25H,13H2,1-3H3. The molecule has 0 fully saturated rings. The molecule has 28 heavy (non-hydrogen) atoms. The Morgan fingerprint density at radius 3 is 2.50 bits per heavy atom. The molecular formula is C23H23BrN2O2. The van der Waals surface area contributed by atoms with Crippen molar-refractivity contribution in [3.05, 3.63) is 70.3 Å². The lowest BCUT2D eigenvalue weighted by molar-refractivity contribution is -0.125. The molecule has 1 aliphatic carbocycles. The van der Waals surface area contributed by atoms with Crippen molar-refractivity contribution in [1.82, 2.24) is 0 Å². The number of para-hydroxylation sites is 2. The van der Waals surface area contributed by atoms with Crippen LogP contribution >= 0.6 is 15.9 Å². The fourth-order valence-electron chi connectivity index (χ4n) is 4.37. The number of carbonyl (C=O) groups excluding carboxylic acids is 2. The van der Waals surface area contributed by atoms with E-state index < -0.39 is 12.0 Å². The molecule has 0 bridgehead atoms. The van der Waals surface area contributed by atoms with Gasteiger partial charge in [0.05, 0.1) is 23.3 Å². The number of nitrogens with one attached hydrogen (secondary N) is 1. The number of allylic oxidation sites excluding steroid dienone is 1. The van der Waals surface area contributed by atoms with Crippen molar-refractivity contribution in [2.24, 2.45) is 11.3 Å². The summed E-state index contributed by atoms with van der Waals surface area (Å²) >= 11 is 3.48. The molecule has 4 nitrogen and oxygen atoms in total. The van der Waals surface area contributed by atoms with Gasteiger partial charge in [-0.2, -0.15) is 0 Å². The molecule has 1 amide bonds. The van der Waals surface area contributed by atoms with Gasteiger partial charge in [-0.05, 0) is 35.2 Å². The molecule has 0 saturated carbocycles. The number of fused-ring (bicyclic) bond motifs is 2. The number of halogens is 1. The number of amides is 1. The van der Waals surface area contributed by atoms with Crippen LogP contribution in [0.4, 0.5) is 11.4 Å². The van der Waals surface area contributed by atoms with Crippen LogP contribution in [-0.2, 0) is 9.59 Å². The minimum atomic E-state index is -0.425. The van der Waals surface area contributed by atoms with E-state index in [9.17, 15) is 9.59 Å². The average molecular weight is 439 g/mol. The van der Waals surface area contributed by atoms with Gasteiger partial charge in [-0.15, -0.1) is 0 Å². The number of hydrogen-bond acceptors (Lipinski definition) is 3. The summed E-state index contributed by atoms with van der Waals surface area (Å²) in [6, 6.07) is 15.3. The van der Waals surface area contributed by atoms with Gasteiger partial charge in [0.15, 0.2) is 0 Å². The summed E-state index contributed by atoms with van der Waals surface area (Å²) in [7, 11) is 0. The quantitative estimate of drug-likeness (QED) is 0.641. The van der Waals surface area contributed by atoms with Gasteiger partial charge in [-0.3, -0.25) is 9.59 Å². The lowest BCUT2D eigenvalue weighted by Gasteiger charge is -2.38. The highest BCUT2D eigenvalue weighted by Gasteiger charge is 2.45. The Morgan fingerprint density at radius 2 is 1.82 bits per heavy atom. The van der Waals surface area contributed by atoms with Crippen LogP contribution in [0.3, 0.4) is 0 Å². The number of carbonyl (C=O) groups is 2. The van der Waals surface area contributed by atoms with Crippen LogP contribution < -0.4 is 10.2 Å². The van der Waals surface area contributed by atoms with Gasteiger partial charge in [0.25, 0.3) is 0 Å². The molecule has 1 aliphatic heterocycles. The van der Waals surface area contributed by atoms with E-state index in [2.05, 4.69) is 41.2 Å². The second-order valence-electron chi connectivity index (χ2n) is 8.24. The fraction of sp³-hybridized carbons (Fsp3) is 0.304. The second kappa shape index (κ2) is 6.89. The van der Waals surface area contributed by atoms with E-state index >= 15 is 0 Å². The fourth-order valence-corrected chi connectivity index (χ4v) is 4.63. The van der Waals surface area contributed by atoms with Crippen LogP contribution in [0.2, 0.25) is 0 Å². The zero-order chi connectivity index (χ0) is 20.1. The van der Waals surface area contributed by atoms with Crippen LogP contribution in [-0.4, -0.2) is 11.7 Å². The first-order chi connectivity index (χ1) is 13.3. The summed E-state index contributed by atoms with van der Waals surface area (Å²) in [5.41, 5.74) is 3.25. The Morgan fingerprint density at radius 1 is 1.14 bits per heavy atom. The minimum Gasteiger partial charge on any atom is -0.357 e. The number of benzene rings is 2. The summed E-state index contributed by atoms with van der Waals surface area (Å²) in [5.74, 6) is -0.353. The predicted molar refractivity (Wildman–Crippen MR) is 115 cm³/mol. The van der Waals surface area contributed by atoms with Crippen LogP contribution in [0.25, 0.3) is 0 Å². The summed E-state index contributed by atoms with van der Waals surface area (Å²) in [6.45, 7) is 5.71. The maximum Gasteiger partial charge on any atom is 0.224 e. The normalized spacial score (nSPS) is 23.1. The van der Waals surface area contributed by atoms with Crippen molar-refractivity contribution < 1.29 is 9.59 Å². The zero-order valence-electron chi connectivity index (χ0n) is 16.2. The Kier molecular flexibility index (Phi) is 4.66. The van der Waals surface area contributed by atoms with Gasteiger partial charge in [0, 0.05) is 23.5 Å². The number of ketones is 1. The lowest BCUT2D eigenvalue weighted by Crippen LogP contribution is -2.42. The molecule has 2 aromatic rings. The number of anilines is 2. The zero-order valence-corrected chi connectivity index (χ0v) is 17.8. The van der Waals surface area contributed by atoms with Crippen LogP contribution in [0.5, 0.6) is 0 Å². The average Bonchev–Trinajstić information content (AvgIpc) is 2.75. The number of nitrogens with zero attached hydrogens (tertiary/aromatic N) is 1. The number of rotatable bonds is 1. The molecule has 144 valence electrons. The third-order valence-electron chi connectivity index (χ3n) is 5.45. The maximum absolute atomic E-state index is 13.3. The van der Waals surface area contributed by atoms with Crippen molar-refractivity contribution in [2.75, 3.05) is 10.2 Å². The van der Waals surface area contributed by atoms with Crippen molar-refractivity contribution >= 4 is 39.0 Å². The van der Waals surface area contributed by atoms with Crippen molar-refractivity contribution in [3.63, 3.8) is 0 Å². The third-order valence-corrected chi connectivity index (χ3v) is 5.97. The molecule has 2 atom stereocenters. The van der Waals surface area contributed by atoms with E-state index in [-0.39, 0.29) is 17.1 Å². The molecule has 1 heterocycles. The Bertz CT molecular complexity index is 978. The first-order valence-electron chi connectivity index (χ1n) is 9.44. The molecule has 0 aromatic heterocycles. The molecule has 0 radical (unpaired) electrons. The lowest BCUT2D eigenvalue weighted by atomic mass is 9.72. The van der Waals surface area contributed by atoms with Gasteiger partial charge in [-0.25, -0.2) is 0 Å². The van der Waals surface area contributed by atoms with Crippen LogP contribution in [0, 0.1) is 11.3 Å². The number of Topliss-reactive ketones (excluding diaryl/α,β-unsaturated/α-hetero) is 1. The van der Waals surface area contributed by atoms with Crippen molar-refractivity contribution in [1.29, 1.82) is 0 Å². The van der Waals surface area contributed by atoms with Gasteiger partial charge in [-0.1, -0.05) is 60.1 Å². The summed E-state index contributed by atoms with van der Waals surface area (Å²) in [4.78, 5) is 27.9. The van der Waals surface area contributed by atoms with Crippen LogP contribution in [0.15, 0.2) is 64.8 Å². The molecule has 1 N–H and O–H groups in total. The third kappa shape index (κ3) is 3.28. The highest BCUT2D eigenvalue weighted by Crippen LogP contribution is 2.48. The largest absolute Gasteiger partial charge is 0.357 e. The minimum absolute atomic E-state index is 0.0824. The molecule has 5 heteroatoms. The Hall–Kier alpha value is -2.40. The first-order valence-corrected chi connectivity index (χ1v) is 10.2. The Balaban J connectivity index is 1.99. The summed E-state index contributed by atoms with van der Waals surface area (Å²) < 4.78 is 0.963. The topological polar surface area (TPSA) is 49.4 Å². The van der Waals surface area contributed by atoms with E-state index in [0.29, 0.717) is 6.42 Å². The second-order valence-corrected chi connectivity index (χ2v) is 9.15. The maximum atomic E-state index is 13.3. The highest BCUT2D eigenvalue weighted by atomic mass is 79.9. The van der Waals surface area contributed by atoms with Gasteiger partial charge in [0.2, 0.25) is 5.91 Å². The molecular weight excluding hydrogens is 416 g/mol. The summed E-state index contributed by atoms with van der Waals surface area (Å²) in [6.07, 6.45) is 2.61. The SMILES string of the molecule is CC(=O)N1c2ccccc2NC2=CC(C)(C)CC(=O)C2C1c1ccc(Br)cc1. The van der Waals surface area contributed by atoms with Crippen LogP contribution in [0.1, 0.15) is 38.8 Å². The molecule has 2 aliphatic rings. The predicted octanol–water partition coefficient (Wildman–Crippen LogP) is 5.47. The molecule has 4 rings (SSSR count). The van der Waals surface area contributed by atoms with Gasteiger partial charge >= 0.3 is 0 Å².